The molecule has 0 saturated heterocycles. The molecule has 172 valence electrons. The molecule has 11 heteroatoms. The number of anilines is 1. The van der Waals surface area contributed by atoms with Crippen LogP contribution in [0.4, 0.5) is 11.4 Å². The first-order valence-electron chi connectivity index (χ1n) is 9.87. The zero-order chi connectivity index (χ0) is 24.2. The molecule has 34 heavy (non-hydrogen) atoms. The van der Waals surface area contributed by atoms with Gasteiger partial charge in [0.15, 0.2) is 16.4 Å². The van der Waals surface area contributed by atoms with Gasteiger partial charge >= 0.3 is 5.69 Å². The summed E-state index contributed by atoms with van der Waals surface area (Å²) in [4.78, 5) is 27.5. The second-order valence-corrected chi connectivity index (χ2v) is 7.39. The van der Waals surface area contributed by atoms with Crippen molar-refractivity contribution in [2.24, 2.45) is 0 Å². The molecule has 1 heterocycles. The predicted molar refractivity (Wildman–Crippen MR) is 129 cm³/mol. The van der Waals surface area contributed by atoms with E-state index in [2.05, 4.69) is 15.6 Å². The minimum atomic E-state index is -0.624. The number of aromatic nitrogens is 1. The van der Waals surface area contributed by atoms with Gasteiger partial charge in [0.1, 0.15) is 11.3 Å². The van der Waals surface area contributed by atoms with E-state index in [1.807, 2.05) is 0 Å². The summed E-state index contributed by atoms with van der Waals surface area (Å²) in [7, 11) is 2.90. The summed E-state index contributed by atoms with van der Waals surface area (Å²) >= 11 is 5.19. The average molecular weight is 478 g/mol. The number of hydrogen-bond acceptors (Lipinski definition) is 8. The highest BCUT2D eigenvalue weighted by molar-refractivity contribution is 7.80. The highest BCUT2D eigenvalue weighted by Gasteiger charge is 2.19. The van der Waals surface area contributed by atoms with Crippen LogP contribution in [0, 0.1) is 10.1 Å². The Balaban J connectivity index is 1.42. The van der Waals surface area contributed by atoms with E-state index in [0.29, 0.717) is 28.4 Å². The molecule has 10 nitrogen and oxygen atoms in total. The summed E-state index contributed by atoms with van der Waals surface area (Å²) in [6.45, 7) is 0. The van der Waals surface area contributed by atoms with Crippen LogP contribution in [0.2, 0.25) is 0 Å². The monoisotopic (exact) mass is 478 g/mol. The minimum absolute atomic E-state index is 0.0326. The van der Waals surface area contributed by atoms with Crippen LogP contribution in [-0.2, 0) is 0 Å². The van der Waals surface area contributed by atoms with Crippen LogP contribution in [0.5, 0.6) is 11.5 Å². The molecule has 4 rings (SSSR count). The summed E-state index contributed by atoms with van der Waals surface area (Å²) in [6, 6.07) is 16.4. The summed E-state index contributed by atoms with van der Waals surface area (Å²) < 4.78 is 15.9. The number of thiocarbonyl (C=S) groups is 1. The van der Waals surface area contributed by atoms with Gasteiger partial charge in [0, 0.05) is 28.9 Å². The quantitative estimate of drug-likeness (QED) is 0.233. The number of nitrogens with one attached hydrogen (secondary N) is 2. The lowest BCUT2D eigenvalue weighted by Crippen LogP contribution is -2.34. The second-order valence-electron chi connectivity index (χ2n) is 6.98. The lowest BCUT2D eigenvalue weighted by Gasteiger charge is -2.10. The Morgan fingerprint density at radius 1 is 1.06 bits per heavy atom. The van der Waals surface area contributed by atoms with Crippen LogP contribution in [0.3, 0.4) is 0 Å². The molecule has 1 aromatic heterocycles. The third-order valence-corrected chi connectivity index (χ3v) is 5.05. The number of rotatable bonds is 6. The van der Waals surface area contributed by atoms with Gasteiger partial charge in [-0.2, -0.15) is 0 Å². The molecule has 0 unspecified atom stereocenters. The van der Waals surface area contributed by atoms with Crippen LogP contribution in [0.1, 0.15) is 10.4 Å². The number of nitrogens with zero attached hydrogens (tertiary/aromatic N) is 2. The van der Waals surface area contributed by atoms with Crippen molar-refractivity contribution in [1.29, 1.82) is 0 Å². The molecule has 0 saturated carbocycles. The molecule has 0 aliphatic heterocycles. The van der Waals surface area contributed by atoms with Crippen LogP contribution in [0.25, 0.3) is 22.6 Å². The fourth-order valence-corrected chi connectivity index (χ4v) is 3.38. The zero-order valence-corrected chi connectivity index (χ0v) is 18.8. The number of carbonyl (C=O) groups excluding carboxylic acids is 1. The number of methoxy groups -OCH3 is 2. The van der Waals surface area contributed by atoms with Crippen molar-refractivity contribution in [3.05, 3.63) is 76.3 Å². The molecular weight excluding hydrogens is 460 g/mol. The number of ether oxygens (including phenoxy) is 2. The van der Waals surface area contributed by atoms with Crippen molar-refractivity contribution in [3.63, 3.8) is 0 Å². The van der Waals surface area contributed by atoms with Crippen LogP contribution in [0.15, 0.2) is 65.1 Å². The number of fused-ring (bicyclic) bond motifs is 1. The Kier molecular flexibility index (Phi) is 6.37. The van der Waals surface area contributed by atoms with Crippen molar-refractivity contribution >= 4 is 45.7 Å². The van der Waals surface area contributed by atoms with Gasteiger partial charge in [0.25, 0.3) is 5.91 Å². The molecule has 3 aromatic carbocycles. The van der Waals surface area contributed by atoms with Gasteiger partial charge in [-0.25, -0.2) is 4.98 Å². The number of oxazole rings is 1. The molecule has 2 N–H and O–H groups in total. The summed E-state index contributed by atoms with van der Waals surface area (Å²) in [5.41, 5.74) is 2.44. The molecule has 1 amide bonds. The standard InChI is InChI=1S/C23H18N4O6S/c1-31-16-8-10-19-17(12-16)25-22(33-19)13-3-6-15(7-4-13)24-23(34)26-21(28)14-5-9-20(32-2)18(11-14)27(29)30/h3-12H,1-2H3,(H2,24,26,28,34). The van der Waals surface area contributed by atoms with Gasteiger partial charge in [-0.1, -0.05) is 0 Å². The van der Waals surface area contributed by atoms with E-state index < -0.39 is 10.8 Å². The maximum Gasteiger partial charge on any atom is 0.311 e. The van der Waals surface area contributed by atoms with Crippen molar-refractivity contribution in [2.75, 3.05) is 19.5 Å². The predicted octanol–water partition coefficient (Wildman–Crippen LogP) is 4.55. The lowest BCUT2D eigenvalue weighted by atomic mass is 10.1. The van der Waals surface area contributed by atoms with Crippen molar-refractivity contribution in [2.45, 2.75) is 0 Å². The van der Waals surface area contributed by atoms with Crippen LogP contribution in [-0.4, -0.2) is 35.1 Å². The molecule has 4 aromatic rings. The summed E-state index contributed by atoms with van der Waals surface area (Å²) in [5, 5.41) is 16.6. The SMILES string of the molecule is COc1ccc2oc(-c3ccc(NC(=S)NC(=O)c4ccc(OC)c([N+](=O)[O-])c4)cc3)nc2c1. The first kappa shape index (κ1) is 22.7. The zero-order valence-electron chi connectivity index (χ0n) is 18.0. The van der Waals surface area contributed by atoms with Crippen LogP contribution < -0.4 is 20.1 Å². The Morgan fingerprint density at radius 3 is 2.50 bits per heavy atom. The summed E-state index contributed by atoms with van der Waals surface area (Å²) in [5.74, 6) is 0.598. The number of amides is 1. The van der Waals surface area contributed by atoms with Gasteiger partial charge in [0.2, 0.25) is 5.89 Å². The molecule has 0 atom stereocenters. The highest BCUT2D eigenvalue weighted by Crippen LogP contribution is 2.28. The maximum absolute atomic E-state index is 12.5. The molecule has 0 fully saturated rings. The normalized spacial score (nSPS) is 10.5. The third kappa shape index (κ3) is 4.79. The van der Waals surface area contributed by atoms with Crippen molar-refractivity contribution in [1.82, 2.24) is 10.3 Å². The average Bonchev–Trinajstić information content (AvgIpc) is 3.27. The van der Waals surface area contributed by atoms with E-state index in [1.54, 1.807) is 49.6 Å². The van der Waals surface area contributed by atoms with Gasteiger partial charge < -0.3 is 19.2 Å². The molecule has 0 radical (unpaired) electrons. The Labute approximate surface area is 198 Å². The van der Waals surface area contributed by atoms with E-state index in [-0.39, 0.29) is 22.1 Å². The number of benzene rings is 3. The van der Waals surface area contributed by atoms with E-state index in [1.165, 1.54) is 19.2 Å². The van der Waals surface area contributed by atoms with Crippen molar-refractivity contribution in [3.8, 4) is 23.0 Å². The van der Waals surface area contributed by atoms with Gasteiger partial charge in [-0.15, -0.1) is 0 Å². The second kappa shape index (κ2) is 9.55. The van der Waals surface area contributed by atoms with E-state index in [0.717, 1.165) is 11.6 Å². The number of nitro benzene ring substituents is 1. The lowest BCUT2D eigenvalue weighted by molar-refractivity contribution is -0.385. The molecule has 0 spiro atoms. The molecule has 0 bridgehead atoms. The van der Waals surface area contributed by atoms with Crippen LogP contribution >= 0.6 is 12.2 Å². The van der Waals surface area contributed by atoms with E-state index >= 15 is 0 Å². The molecule has 0 aliphatic carbocycles. The number of hydrogen-bond donors (Lipinski definition) is 2. The number of carbonyl (C=O) groups is 1. The first-order chi connectivity index (χ1) is 16.4. The van der Waals surface area contributed by atoms with Gasteiger partial charge in [-0.3, -0.25) is 20.2 Å². The summed E-state index contributed by atoms with van der Waals surface area (Å²) in [6.07, 6.45) is 0. The van der Waals surface area contributed by atoms with E-state index in [9.17, 15) is 14.9 Å². The van der Waals surface area contributed by atoms with Gasteiger partial charge in [-0.05, 0) is 60.7 Å². The van der Waals surface area contributed by atoms with E-state index in [4.69, 9.17) is 26.1 Å². The molecular formula is C23H18N4O6S. The fourth-order valence-electron chi connectivity index (χ4n) is 3.17. The Hall–Kier alpha value is -4.51. The maximum atomic E-state index is 12.5. The highest BCUT2D eigenvalue weighted by atomic mass is 32.1. The fraction of sp³-hybridized carbons (Fsp3) is 0.0870. The first-order valence-corrected chi connectivity index (χ1v) is 10.3. The van der Waals surface area contributed by atoms with Crippen molar-refractivity contribution < 1.29 is 23.6 Å². The smallest absolute Gasteiger partial charge is 0.311 e. The Bertz CT molecular complexity index is 1400. The van der Waals surface area contributed by atoms with Gasteiger partial charge in [0.05, 0.1) is 19.1 Å². The third-order valence-electron chi connectivity index (χ3n) is 4.85. The Morgan fingerprint density at radius 2 is 1.82 bits per heavy atom. The topological polar surface area (TPSA) is 129 Å². The number of nitro groups is 1. The largest absolute Gasteiger partial charge is 0.497 e. The minimum Gasteiger partial charge on any atom is -0.497 e. The molecule has 0 aliphatic rings.